The summed E-state index contributed by atoms with van der Waals surface area (Å²) in [5, 5.41) is 10.7. The lowest BCUT2D eigenvalue weighted by Crippen LogP contribution is -2.36. The van der Waals surface area contributed by atoms with Crippen LogP contribution in [-0.2, 0) is 6.54 Å². The second kappa shape index (κ2) is 6.29. The molecule has 0 saturated heterocycles. The number of aliphatic hydroxyl groups excluding tert-OH is 1. The Morgan fingerprint density at radius 2 is 1.85 bits per heavy atom. The van der Waals surface area contributed by atoms with Crippen molar-refractivity contribution in [3.05, 3.63) is 35.8 Å². The monoisotopic (exact) mass is 273 g/mol. The molecule has 20 heavy (non-hydrogen) atoms. The van der Waals surface area contributed by atoms with Gasteiger partial charge in [-0.05, 0) is 33.8 Å². The van der Waals surface area contributed by atoms with Gasteiger partial charge in [0.1, 0.15) is 5.82 Å². The fourth-order valence-corrected chi connectivity index (χ4v) is 2.34. The Morgan fingerprint density at radius 1 is 1.15 bits per heavy atom. The lowest BCUT2D eigenvalue weighted by atomic mass is 10.2. The minimum atomic E-state index is -0.348. The van der Waals surface area contributed by atoms with Crippen molar-refractivity contribution in [2.45, 2.75) is 46.4 Å². The van der Waals surface area contributed by atoms with Crippen LogP contribution >= 0.6 is 0 Å². The van der Waals surface area contributed by atoms with Gasteiger partial charge in [0.25, 0.3) is 0 Å². The van der Waals surface area contributed by atoms with E-state index in [2.05, 4.69) is 28.7 Å². The van der Waals surface area contributed by atoms with Gasteiger partial charge in [-0.3, -0.25) is 4.90 Å². The molecule has 0 spiro atoms. The van der Waals surface area contributed by atoms with Crippen molar-refractivity contribution in [1.29, 1.82) is 0 Å². The Kier molecular flexibility index (Phi) is 4.68. The number of benzene rings is 1. The summed E-state index contributed by atoms with van der Waals surface area (Å²) in [6, 6.07) is 8.41. The van der Waals surface area contributed by atoms with Crippen molar-refractivity contribution in [2.75, 3.05) is 6.54 Å². The molecule has 1 unspecified atom stereocenters. The Morgan fingerprint density at radius 3 is 2.50 bits per heavy atom. The minimum absolute atomic E-state index is 0.347. The highest BCUT2D eigenvalue weighted by molar-refractivity contribution is 5.80. The fourth-order valence-electron chi connectivity index (χ4n) is 2.34. The molecule has 0 fully saturated rings. The molecule has 0 saturated carbocycles. The van der Waals surface area contributed by atoms with Crippen LogP contribution in [0.2, 0.25) is 0 Å². The topological polar surface area (TPSA) is 49.2 Å². The van der Waals surface area contributed by atoms with Crippen LogP contribution in [-0.4, -0.2) is 38.7 Å². The molecule has 0 aliphatic carbocycles. The summed E-state index contributed by atoms with van der Waals surface area (Å²) >= 11 is 0. The third-order valence-corrected chi connectivity index (χ3v) is 3.41. The smallest absolute Gasteiger partial charge is 0.143 e. The molecule has 1 aromatic carbocycles. The largest absolute Gasteiger partial charge is 0.392 e. The maximum atomic E-state index is 9.59. The molecule has 2 aromatic rings. The zero-order valence-electron chi connectivity index (χ0n) is 12.7. The number of aromatic nitrogens is 2. The summed E-state index contributed by atoms with van der Waals surface area (Å²) in [6.45, 7) is 9.36. The van der Waals surface area contributed by atoms with Crippen LogP contribution in [0.15, 0.2) is 24.3 Å². The van der Waals surface area contributed by atoms with Crippen molar-refractivity contribution < 1.29 is 5.11 Å². The van der Waals surface area contributed by atoms with E-state index in [0.29, 0.717) is 19.1 Å². The lowest BCUT2D eigenvalue weighted by Gasteiger charge is -2.27. The molecule has 0 aliphatic rings. The van der Waals surface area contributed by atoms with Gasteiger partial charge < -0.3 is 5.11 Å². The first kappa shape index (κ1) is 14.9. The van der Waals surface area contributed by atoms with E-state index >= 15 is 0 Å². The predicted octanol–water partition coefficient (Wildman–Crippen LogP) is 2.53. The highest BCUT2D eigenvalue weighted by Crippen LogP contribution is 2.16. The molecule has 1 heterocycles. The van der Waals surface area contributed by atoms with E-state index in [-0.39, 0.29) is 6.10 Å². The first-order valence-electron chi connectivity index (χ1n) is 7.11. The van der Waals surface area contributed by atoms with Crippen LogP contribution in [0.5, 0.6) is 0 Å². The first-order chi connectivity index (χ1) is 9.47. The van der Waals surface area contributed by atoms with Gasteiger partial charge in [-0.25, -0.2) is 9.97 Å². The summed E-state index contributed by atoms with van der Waals surface area (Å²) in [7, 11) is 0. The molecular weight excluding hydrogens is 250 g/mol. The van der Waals surface area contributed by atoms with Gasteiger partial charge in [0.15, 0.2) is 0 Å². The number of aryl methyl sites for hydroxylation is 1. The van der Waals surface area contributed by atoms with Crippen molar-refractivity contribution >= 4 is 10.9 Å². The average molecular weight is 273 g/mol. The van der Waals surface area contributed by atoms with Gasteiger partial charge in [-0.1, -0.05) is 18.2 Å². The van der Waals surface area contributed by atoms with Gasteiger partial charge in [0, 0.05) is 23.7 Å². The first-order valence-corrected chi connectivity index (χ1v) is 7.11. The Labute approximate surface area is 120 Å². The second-order valence-electron chi connectivity index (χ2n) is 5.61. The van der Waals surface area contributed by atoms with Gasteiger partial charge in [-0.2, -0.15) is 0 Å². The molecule has 0 bridgehead atoms. The summed E-state index contributed by atoms with van der Waals surface area (Å²) in [4.78, 5) is 11.4. The number of nitrogens with zero attached hydrogens (tertiary/aromatic N) is 3. The third-order valence-electron chi connectivity index (χ3n) is 3.41. The summed E-state index contributed by atoms with van der Waals surface area (Å²) in [5.74, 6) is 0.815. The van der Waals surface area contributed by atoms with Gasteiger partial charge in [0.05, 0.1) is 18.2 Å². The SMILES string of the molecule is Cc1nc(CN(CC(C)O)C(C)C)nc2ccccc12. The van der Waals surface area contributed by atoms with Gasteiger partial charge in [0.2, 0.25) is 0 Å². The van der Waals surface area contributed by atoms with Crippen molar-refractivity contribution in [1.82, 2.24) is 14.9 Å². The molecule has 0 amide bonds. The highest BCUT2D eigenvalue weighted by atomic mass is 16.3. The van der Waals surface area contributed by atoms with Crippen LogP contribution in [0.1, 0.15) is 32.3 Å². The highest BCUT2D eigenvalue weighted by Gasteiger charge is 2.15. The zero-order valence-corrected chi connectivity index (χ0v) is 12.7. The van der Waals surface area contributed by atoms with Crippen LogP contribution in [0.4, 0.5) is 0 Å². The molecule has 108 valence electrons. The van der Waals surface area contributed by atoms with E-state index in [1.807, 2.05) is 38.1 Å². The van der Waals surface area contributed by atoms with E-state index < -0.39 is 0 Å². The maximum Gasteiger partial charge on any atom is 0.143 e. The lowest BCUT2D eigenvalue weighted by molar-refractivity contribution is 0.101. The van der Waals surface area contributed by atoms with Gasteiger partial charge >= 0.3 is 0 Å². The van der Waals surface area contributed by atoms with Gasteiger partial charge in [-0.15, -0.1) is 0 Å². The van der Waals surface area contributed by atoms with Crippen LogP contribution in [0, 0.1) is 6.92 Å². The standard InChI is InChI=1S/C16H23N3O/c1-11(2)19(9-12(3)20)10-16-17-13(4)14-7-5-6-8-15(14)18-16/h5-8,11-12,20H,9-10H2,1-4H3. The summed E-state index contributed by atoms with van der Waals surface area (Å²) in [6.07, 6.45) is -0.348. The number of hydrogen-bond acceptors (Lipinski definition) is 4. The van der Waals surface area contributed by atoms with Crippen LogP contribution < -0.4 is 0 Å². The molecule has 1 N–H and O–H groups in total. The fraction of sp³-hybridized carbons (Fsp3) is 0.500. The number of para-hydroxylation sites is 1. The molecule has 0 radical (unpaired) electrons. The van der Waals surface area contributed by atoms with Crippen LogP contribution in [0.25, 0.3) is 10.9 Å². The maximum absolute atomic E-state index is 9.59. The van der Waals surface area contributed by atoms with E-state index in [1.54, 1.807) is 0 Å². The number of fused-ring (bicyclic) bond motifs is 1. The molecule has 0 aliphatic heterocycles. The van der Waals surface area contributed by atoms with Crippen molar-refractivity contribution in [2.24, 2.45) is 0 Å². The minimum Gasteiger partial charge on any atom is -0.392 e. The van der Waals surface area contributed by atoms with E-state index in [9.17, 15) is 5.11 Å². The van der Waals surface area contributed by atoms with E-state index in [4.69, 9.17) is 0 Å². The predicted molar refractivity (Wildman–Crippen MR) is 81.5 cm³/mol. The zero-order chi connectivity index (χ0) is 14.7. The molecule has 1 atom stereocenters. The molecule has 1 aromatic heterocycles. The molecule has 2 rings (SSSR count). The number of aliphatic hydroxyl groups is 1. The average Bonchev–Trinajstić information content (AvgIpc) is 2.37. The Hall–Kier alpha value is -1.52. The summed E-state index contributed by atoms with van der Waals surface area (Å²) in [5.41, 5.74) is 1.99. The number of hydrogen-bond donors (Lipinski definition) is 1. The van der Waals surface area contributed by atoms with Crippen molar-refractivity contribution in [3.63, 3.8) is 0 Å². The third kappa shape index (κ3) is 3.52. The summed E-state index contributed by atoms with van der Waals surface area (Å²) < 4.78 is 0. The van der Waals surface area contributed by atoms with Crippen molar-refractivity contribution in [3.8, 4) is 0 Å². The Bertz CT molecular complexity index is 581. The number of rotatable bonds is 5. The molecular formula is C16H23N3O. The molecule has 4 nitrogen and oxygen atoms in total. The second-order valence-corrected chi connectivity index (χ2v) is 5.61. The quantitative estimate of drug-likeness (QED) is 0.909. The van der Waals surface area contributed by atoms with Crippen LogP contribution in [0.3, 0.4) is 0 Å². The van der Waals surface area contributed by atoms with E-state index in [0.717, 1.165) is 22.4 Å². The normalized spacial score (nSPS) is 13.3. The Balaban J connectivity index is 2.28. The van der Waals surface area contributed by atoms with E-state index in [1.165, 1.54) is 0 Å². The molecule has 4 heteroatoms.